The molecule has 1 aromatic rings. The van der Waals surface area contributed by atoms with Crippen LogP contribution >= 0.6 is 0 Å². The predicted molar refractivity (Wildman–Crippen MR) is 42.3 cm³/mol. The highest BCUT2D eigenvalue weighted by Gasteiger charge is 1.98. The van der Waals surface area contributed by atoms with E-state index in [1.165, 1.54) is 24.3 Å². The number of aromatic hydroxyl groups is 1. The molecule has 70 valence electrons. The van der Waals surface area contributed by atoms with Gasteiger partial charge in [0.1, 0.15) is 5.75 Å². The van der Waals surface area contributed by atoms with Gasteiger partial charge in [0.15, 0.2) is 12.4 Å². The van der Waals surface area contributed by atoms with Crippen LogP contribution in [0, 0.1) is 0 Å². The highest BCUT2D eigenvalue weighted by molar-refractivity contribution is 5.67. The van der Waals surface area contributed by atoms with E-state index in [1.54, 1.807) is 0 Å². The predicted octanol–water partition coefficient (Wildman–Crippen LogP) is 0.787. The number of rotatable bonds is 4. The monoisotopic (exact) mass is 184 g/mol. The maximum atomic E-state index is 10.00. The largest absolute Gasteiger partial charge is 0.508 e. The van der Waals surface area contributed by atoms with Gasteiger partial charge in [0, 0.05) is 0 Å². The topological polar surface area (TPSA) is 76.0 Å². The molecule has 2 N–H and O–H groups in total. The van der Waals surface area contributed by atoms with Gasteiger partial charge in [0.25, 0.3) is 0 Å². The molecule has 0 spiro atoms. The molecule has 0 fully saturated rings. The van der Waals surface area contributed by atoms with Gasteiger partial charge in [-0.1, -0.05) is 0 Å². The SMILES string of the molecule is O=C(O)COOc1ccc(O)cc1. The van der Waals surface area contributed by atoms with Crippen LogP contribution in [0.1, 0.15) is 0 Å². The summed E-state index contributed by atoms with van der Waals surface area (Å²) in [6.07, 6.45) is 0. The zero-order chi connectivity index (χ0) is 9.68. The van der Waals surface area contributed by atoms with E-state index < -0.39 is 12.6 Å². The quantitative estimate of drug-likeness (QED) is 0.534. The first-order valence-corrected chi connectivity index (χ1v) is 3.49. The Kier molecular flexibility index (Phi) is 3.10. The number of phenols is 1. The Hall–Kier alpha value is -1.75. The Balaban J connectivity index is 2.37. The minimum atomic E-state index is -1.11. The van der Waals surface area contributed by atoms with E-state index in [0.717, 1.165) is 0 Å². The van der Waals surface area contributed by atoms with Gasteiger partial charge in [0.2, 0.25) is 0 Å². The van der Waals surface area contributed by atoms with Crippen LogP contribution in [0.5, 0.6) is 11.5 Å². The Morgan fingerprint density at radius 1 is 1.31 bits per heavy atom. The van der Waals surface area contributed by atoms with E-state index >= 15 is 0 Å². The standard InChI is InChI=1S/C8H8O5/c9-6-1-3-7(4-2-6)13-12-5-8(10)11/h1-4,9H,5H2,(H,10,11). The van der Waals surface area contributed by atoms with E-state index in [-0.39, 0.29) is 5.75 Å². The van der Waals surface area contributed by atoms with Crippen molar-refractivity contribution >= 4 is 5.97 Å². The summed E-state index contributed by atoms with van der Waals surface area (Å²) in [4.78, 5) is 18.9. The fourth-order valence-corrected chi connectivity index (χ4v) is 0.650. The number of carbonyl (C=O) groups is 1. The number of hydrogen-bond donors (Lipinski definition) is 2. The van der Waals surface area contributed by atoms with Crippen LogP contribution in [0.15, 0.2) is 24.3 Å². The van der Waals surface area contributed by atoms with Crippen LogP contribution in [0.3, 0.4) is 0 Å². The lowest BCUT2D eigenvalue weighted by atomic mass is 10.3. The minimum absolute atomic E-state index is 0.102. The van der Waals surface area contributed by atoms with Crippen molar-refractivity contribution in [1.29, 1.82) is 0 Å². The molecule has 0 saturated heterocycles. The summed E-state index contributed by atoms with van der Waals surface area (Å²) in [6, 6.07) is 5.72. The van der Waals surface area contributed by atoms with E-state index in [1.807, 2.05) is 0 Å². The molecule has 1 aromatic carbocycles. The zero-order valence-corrected chi connectivity index (χ0v) is 6.64. The van der Waals surface area contributed by atoms with E-state index in [4.69, 9.17) is 10.2 Å². The van der Waals surface area contributed by atoms with Crippen LogP contribution in [0.25, 0.3) is 0 Å². The maximum Gasteiger partial charge on any atom is 0.334 e. The first-order valence-electron chi connectivity index (χ1n) is 3.49. The van der Waals surface area contributed by atoms with Crippen molar-refractivity contribution in [2.75, 3.05) is 6.61 Å². The van der Waals surface area contributed by atoms with Crippen molar-refractivity contribution in [3.63, 3.8) is 0 Å². The number of benzene rings is 1. The summed E-state index contributed by atoms with van der Waals surface area (Å²) < 4.78 is 0. The van der Waals surface area contributed by atoms with Crippen LogP contribution in [0.4, 0.5) is 0 Å². The lowest BCUT2D eigenvalue weighted by Gasteiger charge is -2.01. The molecule has 5 nitrogen and oxygen atoms in total. The maximum absolute atomic E-state index is 10.00. The molecule has 0 saturated carbocycles. The molecule has 13 heavy (non-hydrogen) atoms. The van der Waals surface area contributed by atoms with Gasteiger partial charge in [-0.15, -0.1) is 0 Å². The van der Waals surface area contributed by atoms with E-state index in [9.17, 15) is 4.79 Å². The summed E-state index contributed by atoms with van der Waals surface area (Å²) in [5.41, 5.74) is 0. The van der Waals surface area contributed by atoms with Gasteiger partial charge in [-0.3, -0.25) is 0 Å². The Morgan fingerprint density at radius 2 is 1.92 bits per heavy atom. The molecule has 0 aliphatic carbocycles. The molecule has 0 aromatic heterocycles. The molecule has 0 unspecified atom stereocenters. The first-order chi connectivity index (χ1) is 6.18. The van der Waals surface area contributed by atoms with Crippen LogP contribution in [-0.2, 0) is 9.68 Å². The summed E-state index contributed by atoms with van der Waals surface area (Å²) in [5, 5.41) is 17.1. The van der Waals surface area contributed by atoms with Crippen molar-refractivity contribution in [3.8, 4) is 11.5 Å². The second-order valence-electron chi connectivity index (χ2n) is 2.23. The van der Waals surface area contributed by atoms with E-state index in [2.05, 4.69) is 9.78 Å². The van der Waals surface area contributed by atoms with Crippen molar-refractivity contribution in [3.05, 3.63) is 24.3 Å². The second kappa shape index (κ2) is 4.32. The molecule has 5 heteroatoms. The Morgan fingerprint density at radius 3 is 2.46 bits per heavy atom. The normalized spacial score (nSPS) is 9.54. The number of phenolic OH excluding ortho intramolecular Hbond substituents is 1. The molecule has 0 aliphatic heterocycles. The third kappa shape index (κ3) is 3.44. The van der Waals surface area contributed by atoms with Crippen molar-refractivity contribution in [1.82, 2.24) is 0 Å². The number of hydrogen-bond acceptors (Lipinski definition) is 4. The number of aliphatic carboxylic acids is 1. The zero-order valence-electron chi connectivity index (χ0n) is 6.64. The third-order valence-electron chi connectivity index (χ3n) is 1.17. The van der Waals surface area contributed by atoms with Crippen molar-refractivity contribution in [2.45, 2.75) is 0 Å². The smallest absolute Gasteiger partial charge is 0.334 e. The first kappa shape index (κ1) is 9.34. The molecule has 0 heterocycles. The molecule has 0 radical (unpaired) electrons. The van der Waals surface area contributed by atoms with Crippen LogP contribution < -0.4 is 4.89 Å². The summed E-state index contributed by atoms with van der Waals surface area (Å²) in [7, 11) is 0. The minimum Gasteiger partial charge on any atom is -0.508 e. The van der Waals surface area contributed by atoms with Crippen LogP contribution in [0.2, 0.25) is 0 Å². The van der Waals surface area contributed by atoms with Crippen molar-refractivity contribution in [2.24, 2.45) is 0 Å². The van der Waals surface area contributed by atoms with Crippen molar-refractivity contribution < 1.29 is 24.8 Å². The molecule has 0 amide bonds. The summed E-state index contributed by atoms with van der Waals surface area (Å²) >= 11 is 0. The summed E-state index contributed by atoms with van der Waals surface area (Å²) in [6.45, 7) is -0.527. The van der Waals surface area contributed by atoms with Gasteiger partial charge >= 0.3 is 5.97 Å². The molecular weight excluding hydrogens is 176 g/mol. The lowest BCUT2D eigenvalue weighted by molar-refractivity contribution is -0.213. The average molecular weight is 184 g/mol. The number of carboxylic acids is 1. The fourth-order valence-electron chi connectivity index (χ4n) is 0.650. The Bertz CT molecular complexity index is 279. The summed E-state index contributed by atoms with van der Waals surface area (Å²) in [5.74, 6) is -0.677. The Labute approximate surface area is 74.1 Å². The van der Waals surface area contributed by atoms with Gasteiger partial charge < -0.3 is 15.1 Å². The third-order valence-corrected chi connectivity index (χ3v) is 1.17. The highest BCUT2D eigenvalue weighted by Crippen LogP contribution is 2.15. The molecule has 0 atom stereocenters. The van der Waals surface area contributed by atoms with Gasteiger partial charge in [-0.25, -0.2) is 4.79 Å². The molecule has 0 aliphatic rings. The lowest BCUT2D eigenvalue weighted by Crippen LogP contribution is -2.09. The second-order valence-corrected chi connectivity index (χ2v) is 2.23. The highest BCUT2D eigenvalue weighted by atomic mass is 17.2. The fraction of sp³-hybridized carbons (Fsp3) is 0.125. The van der Waals surface area contributed by atoms with E-state index in [0.29, 0.717) is 5.75 Å². The molecule has 0 bridgehead atoms. The average Bonchev–Trinajstić information content (AvgIpc) is 2.08. The van der Waals surface area contributed by atoms with Gasteiger partial charge in [-0.2, -0.15) is 4.89 Å². The molecular formula is C8H8O5. The van der Waals surface area contributed by atoms with Gasteiger partial charge in [-0.05, 0) is 24.3 Å². The number of carboxylic acid groups (broad SMARTS) is 1. The molecule has 1 rings (SSSR count). The van der Waals surface area contributed by atoms with Crippen LogP contribution in [-0.4, -0.2) is 22.8 Å². The van der Waals surface area contributed by atoms with Gasteiger partial charge in [0.05, 0.1) is 0 Å².